The maximum atomic E-state index is 12.1. The Hall–Kier alpha value is -3.91. The maximum Gasteiger partial charge on any atom is 0.303 e. The van der Waals surface area contributed by atoms with Crippen molar-refractivity contribution in [2.45, 2.75) is 37.8 Å². The summed E-state index contributed by atoms with van der Waals surface area (Å²) >= 11 is 0. The quantitative estimate of drug-likeness (QED) is 0.475. The number of carboxylic acids is 1. The third-order valence-electron chi connectivity index (χ3n) is 5.38. The number of carbonyl (C=O) groups excluding carboxylic acids is 1. The van der Waals surface area contributed by atoms with Crippen LogP contribution in [0.4, 0.5) is 5.69 Å². The Morgan fingerprint density at radius 1 is 1.18 bits per heavy atom. The number of pyridine rings is 1. The fraction of sp³-hybridized carbons (Fsp3) is 0.240. The van der Waals surface area contributed by atoms with Gasteiger partial charge in [0, 0.05) is 12.5 Å². The second kappa shape index (κ2) is 10.1. The van der Waals surface area contributed by atoms with Crippen LogP contribution >= 0.6 is 0 Å². The molecule has 0 radical (unpaired) electrons. The summed E-state index contributed by atoms with van der Waals surface area (Å²) in [5.41, 5.74) is 8.41. The maximum absolute atomic E-state index is 12.1. The average Bonchev–Trinajstić information content (AvgIpc) is 2.84. The molecule has 170 valence electrons. The molecular formula is C25H25N3O5. The molecule has 2 atom stereocenters. The third kappa shape index (κ3) is 5.87. The number of aryl methyl sites for hydroxylation is 1. The number of nitrogens with two attached hydrogens (primary N) is 1. The van der Waals surface area contributed by atoms with Gasteiger partial charge in [0.1, 0.15) is 17.6 Å². The molecule has 0 spiro atoms. The van der Waals surface area contributed by atoms with E-state index in [1.165, 1.54) is 11.8 Å². The summed E-state index contributed by atoms with van der Waals surface area (Å²) in [6, 6.07) is 18.3. The lowest BCUT2D eigenvalue weighted by Crippen LogP contribution is -2.36. The zero-order valence-electron chi connectivity index (χ0n) is 17.9. The molecular weight excluding hydrogens is 422 g/mol. The molecule has 8 nitrogen and oxygen atoms in total. The Kier molecular flexibility index (Phi) is 6.85. The largest absolute Gasteiger partial charge is 0.485 e. The minimum atomic E-state index is -0.994. The molecule has 0 saturated carbocycles. The fourth-order valence-corrected chi connectivity index (χ4v) is 3.61. The lowest BCUT2D eigenvalue weighted by molar-refractivity contribution is -0.137. The zero-order chi connectivity index (χ0) is 23.2. The van der Waals surface area contributed by atoms with Gasteiger partial charge in [-0.1, -0.05) is 30.3 Å². The average molecular weight is 447 g/mol. The number of hydrogen-bond acceptors (Lipinski definition) is 6. The van der Waals surface area contributed by atoms with E-state index in [1.807, 2.05) is 36.4 Å². The molecule has 4 N–H and O–H groups in total. The number of aliphatic carboxylic acids is 1. The van der Waals surface area contributed by atoms with E-state index < -0.39 is 17.9 Å². The second-order valence-electron chi connectivity index (χ2n) is 7.84. The molecule has 0 bridgehead atoms. The number of fused-ring (bicyclic) bond motifs is 1. The number of carbonyl (C=O) groups is 2. The van der Waals surface area contributed by atoms with Crippen molar-refractivity contribution in [2.75, 3.05) is 5.32 Å². The molecule has 3 aromatic rings. The van der Waals surface area contributed by atoms with Crippen molar-refractivity contribution >= 4 is 17.6 Å². The van der Waals surface area contributed by atoms with Gasteiger partial charge in [-0.2, -0.15) is 0 Å². The molecule has 2 unspecified atom stereocenters. The van der Waals surface area contributed by atoms with Gasteiger partial charge in [-0.05, 0) is 54.7 Å². The minimum absolute atomic E-state index is 0.0483. The number of carboxylic acid groups (broad SMARTS) is 1. The summed E-state index contributed by atoms with van der Waals surface area (Å²) in [4.78, 5) is 26.9. The van der Waals surface area contributed by atoms with Crippen LogP contribution in [0.5, 0.6) is 17.4 Å². The van der Waals surface area contributed by atoms with E-state index >= 15 is 0 Å². The molecule has 0 saturated heterocycles. The normalized spacial score (nSPS) is 15.6. The van der Waals surface area contributed by atoms with Gasteiger partial charge in [-0.3, -0.25) is 9.59 Å². The molecule has 33 heavy (non-hydrogen) atoms. The van der Waals surface area contributed by atoms with Crippen LogP contribution in [0.3, 0.4) is 0 Å². The van der Waals surface area contributed by atoms with Gasteiger partial charge in [0.05, 0.1) is 17.9 Å². The van der Waals surface area contributed by atoms with Gasteiger partial charge in [0.2, 0.25) is 11.8 Å². The van der Waals surface area contributed by atoms with Gasteiger partial charge in [0.25, 0.3) is 0 Å². The Morgan fingerprint density at radius 3 is 2.73 bits per heavy atom. The molecule has 1 aliphatic rings. The molecule has 0 fully saturated rings. The first-order valence-corrected chi connectivity index (χ1v) is 10.7. The van der Waals surface area contributed by atoms with E-state index in [0.29, 0.717) is 17.3 Å². The first-order valence-electron chi connectivity index (χ1n) is 10.7. The Balaban J connectivity index is 1.34. The molecule has 4 rings (SSSR count). The van der Waals surface area contributed by atoms with E-state index in [9.17, 15) is 9.59 Å². The highest BCUT2D eigenvalue weighted by molar-refractivity contribution is 5.94. The third-order valence-corrected chi connectivity index (χ3v) is 5.38. The Labute approximate surface area is 191 Å². The summed E-state index contributed by atoms with van der Waals surface area (Å²) in [6.45, 7) is 0. The van der Waals surface area contributed by atoms with E-state index in [1.54, 1.807) is 12.1 Å². The smallest absolute Gasteiger partial charge is 0.303 e. The highest BCUT2D eigenvalue weighted by atomic mass is 16.5. The van der Waals surface area contributed by atoms with Crippen molar-refractivity contribution in [2.24, 2.45) is 5.73 Å². The van der Waals surface area contributed by atoms with Crippen LogP contribution in [0.15, 0.2) is 66.9 Å². The molecule has 2 heterocycles. The van der Waals surface area contributed by atoms with Crippen LogP contribution in [-0.4, -0.2) is 28.0 Å². The molecule has 1 amide bonds. The van der Waals surface area contributed by atoms with E-state index in [4.69, 9.17) is 20.3 Å². The topological polar surface area (TPSA) is 124 Å². The summed E-state index contributed by atoms with van der Waals surface area (Å²) < 4.78 is 12.0. The summed E-state index contributed by atoms with van der Waals surface area (Å²) in [6.07, 6.45) is 3.17. The van der Waals surface area contributed by atoms with Gasteiger partial charge in [-0.15, -0.1) is 0 Å². The minimum Gasteiger partial charge on any atom is -0.485 e. The highest BCUT2D eigenvalue weighted by Gasteiger charge is 2.22. The lowest BCUT2D eigenvalue weighted by Gasteiger charge is -2.26. The highest BCUT2D eigenvalue weighted by Crippen LogP contribution is 2.37. The second-order valence-corrected chi connectivity index (χ2v) is 7.84. The lowest BCUT2D eigenvalue weighted by atomic mass is 9.97. The number of nitrogens with one attached hydrogen (secondary N) is 1. The van der Waals surface area contributed by atoms with Crippen LogP contribution in [0.2, 0.25) is 0 Å². The standard InChI is InChI=1S/C25H25N3O5/c26-20(9-13-24(29)30)25(31)28-18-7-12-23(27-15-18)32-19-8-11-22-17(14-19)6-10-21(33-22)16-4-2-1-3-5-16/h1-5,7-8,11-12,14-15,20-21H,6,9-10,13,26H2,(H,28,31)(H,29,30). The summed E-state index contributed by atoms with van der Waals surface area (Å²) in [5.74, 6) is 0.423. The van der Waals surface area contributed by atoms with Crippen LogP contribution in [0, 0.1) is 0 Å². The van der Waals surface area contributed by atoms with Crippen molar-refractivity contribution < 1.29 is 24.2 Å². The fourth-order valence-electron chi connectivity index (χ4n) is 3.61. The number of ether oxygens (including phenoxy) is 2. The molecule has 1 aliphatic heterocycles. The number of hydrogen-bond donors (Lipinski definition) is 3. The van der Waals surface area contributed by atoms with Crippen molar-refractivity contribution in [1.82, 2.24) is 4.98 Å². The van der Waals surface area contributed by atoms with Crippen molar-refractivity contribution in [1.29, 1.82) is 0 Å². The monoisotopic (exact) mass is 447 g/mol. The van der Waals surface area contributed by atoms with Crippen molar-refractivity contribution in [3.8, 4) is 17.4 Å². The number of anilines is 1. The first kappa shape index (κ1) is 22.3. The van der Waals surface area contributed by atoms with E-state index in [0.717, 1.165) is 24.2 Å². The molecule has 0 aliphatic carbocycles. The van der Waals surface area contributed by atoms with Gasteiger partial charge < -0.3 is 25.6 Å². The zero-order valence-corrected chi connectivity index (χ0v) is 17.9. The van der Waals surface area contributed by atoms with Crippen LogP contribution in [0.1, 0.15) is 36.5 Å². The van der Waals surface area contributed by atoms with Crippen molar-refractivity contribution in [3.05, 3.63) is 78.0 Å². The number of benzene rings is 2. The van der Waals surface area contributed by atoms with Crippen LogP contribution in [0.25, 0.3) is 0 Å². The molecule has 1 aromatic heterocycles. The number of rotatable bonds is 8. The summed E-state index contributed by atoms with van der Waals surface area (Å²) in [5, 5.41) is 11.3. The number of amides is 1. The van der Waals surface area contributed by atoms with Gasteiger partial charge in [-0.25, -0.2) is 4.98 Å². The predicted molar refractivity (Wildman–Crippen MR) is 122 cm³/mol. The first-order chi connectivity index (χ1) is 16.0. The van der Waals surface area contributed by atoms with Crippen LogP contribution in [-0.2, 0) is 16.0 Å². The van der Waals surface area contributed by atoms with E-state index in [2.05, 4.69) is 22.4 Å². The van der Waals surface area contributed by atoms with Crippen molar-refractivity contribution in [3.63, 3.8) is 0 Å². The Morgan fingerprint density at radius 2 is 2.00 bits per heavy atom. The molecule has 2 aromatic carbocycles. The van der Waals surface area contributed by atoms with Gasteiger partial charge in [0.15, 0.2) is 0 Å². The van der Waals surface area contributed by atoms with Gasteiger partial charge >= 0.3 is 5.97 Å². The van der Waals surface area contributed by atoms with Crippen LogP contribution < -0.4 is 20.5 Å². The SMILES string of the molecule is NC(CCC(=O)O)C(=O)Nc1ccc(Oc2ccc3c(c2)CCC(c2ccccc2)O3)nc1. The predicted octanol–water partition coefficient (Wildman–Crippen LogP) is 4.07. The van der Waals surface area contributed by atoms with E-state index in [-0.39, 0.29) is 18.9 Å². The summed E-state index contributed by atoms with van der Waals surface area (Å²) in [7, 11) is 0. The molecule has 8 heteroatoms. The number of nitrogens with zero attached hydrogens (tertiary/aromatic N) is 1. The number of aromatic nitrogens is 1. The Bertz CT molecular complexity index is 1120.